The van der Waals surface area contributed by atoms with E-state index in [0.29, 0.717) is 5.56 Å². The van der Waals surface area contributed by atoms with Crippen molar-refractivity contribution in [1.29, 1.82) is 5.26 Å². The van der Waals surface area contributed by atoms with Crippen molar-refractivity contribution < 1.29 is 33.3 Å². The average Bonchev–Trinajstić information content (AvgIpc) is 3.24. The summed E-state index contributed by atoms with van der Waals surface area (Å²) in [6, 6.07) is 26.7. The van der Waals surface area contributed by atoms with Crippen molar-refractivity contribution in [2.45, 2.75) is 24.4 Å². The van der Waals surface area contributed by atoms with E-state index in [1.165, 1.54) is 0 Å². The Morgan fingerprint density at radius 1 is 0.686 bits per heavy atom. The van der Waals surface area contributed by atoms with Crippen LogP contribution in [0.25, 0.3) is 0 Å². The molecule has 0 N–H and O–H groups in total. The van der Waals surface area contributed by atoms with E-state index in [9.17, 15) is 19.6 Å². The summed E-state index contributed by atoms with van der Waals surface area (Å²) in [6.45, 7) is -0.321. The van der Waals surface area contributed by atoms with Gasteiger partial charge in [-0.1, -0.05) is 54.6 Å². The maximum Gasteiger partial charge on any atom is 0.338 e. The zero-order valence-electron chi connectivity index (χ0n) is 18.5. The zero-order valence-corrected chi connectivity index (χ0v) is 18.5. The molecule has 0 aromatic heterocycles. The molecule has 1 aliphatic heterocycles. The highest BCUT2D eigenvalue weighted by Crippen LogP contribution is 2.29. The number of esters is 3. The molecule has 8 heteroatoms. The van der Waals surface area contributed by atoms with Crippen molar-refractivity contribution in [3.05, 3.63) is 108 Å². The van der Waals surface area contributed by atoms with E-state index < -0.39 is 42.3 Å². The van der Waals surface area contributed by atoms with Crippen LogP contribution in [0.2, 0.25) is 0 Å². The molecule has 0 bridgehead atoms. The Labute approximate surface area is 201 Å². The number of rotatable bonds is 7. The van der Waals surface area contributed by atoms with Crippen molar-refractivity contribution in [2.75, 3.05) is 6.61 Å². The van der Waals surface area contributed by atoms with Gasteiger partial charge < -0.3 is 18.9 Å². The highest BCUT2D eigenvalue weighted by atomic mass is 16.6. The van der Waals surface area contributed by atoms with Gasteiger partial charge in [0.15, 0.2) is 18.3 Å². The Bertz CT molecular complexity index is 1210. The van der Waals surface area contributed by atoms with Gasteiger partial charge in [-0.3, -0.25) is 0 Å². The summed E-state index contributed by atoms with van der Waals surface area (Å²) >= 11 is 0. The molecule has 0 saturated carbocycles. The molecule has 8 nitrogen and oxygen atoms in total. The minimum Gasteiger partial charge on any atom is -0.459 e. The molecule has 3 aromatic rings. The van der Waals surface area contributed by atoms with Crippen LogP contribution in [0.3, 0.4) is 0 Å². The number of nitrogens with zero attached hydrogens (tertiary/aromatic N) is 1. The molecule has 3 aromatic carbocycles. The Morgan fingerprint density at radius 3 is 1.57 bits per heavy atom. The van der Waals surface area contributed by atoms with Gasteiger partial charge in [0, 0.05) is 0 Å². The van der Waals surface area contributed by atoms with Crippen LogP contribution in [0.4, 0.5) is 0 Å². The second-order valence-corrected chi connectivity index (χ2v) is 7.66. The Hall–Kier alpha value is -4.48. The number of nitriles is 1. The fourth-order valence-corrected chi connectivity index (χ4v) is 3.58. The maximum atomic E-state index is 12.8. The van der Waals surface area contributed by atoms with Gasteiger partial charge in [-0.15, -0.1) is 0 Å². The third-order valence-electron chi connectivity index (χ3n) is 5.33. The summed E-state index contributed by atoms with van der Waals surface area (Å²) < 4.78 is 22.3. The molecule has 0 unspecified atom stereocenters. The zero-order chi connectivity index (χ0) is 24.6. The van der Waals surface area contributed by atoms with E-state index in [0.717, 1.165) is 0 Å². The largest absolute Gasteiger partial charge is 0.459 e. The van der Waals surface area contributed by atoms with E-state index >= 15 is 0 Å². The van der Waals surface area contributed by atoms with Crippen LogP contribution >= 0.6 is 0 Å². The molecule has 1 aliphatic rings. The van der Waals surface area contributed by atoms with Gasteiger partial charge in [0.05, 0.1) is 22.8 Å². The lowest BCUT2D eigenvalue weighted by atomic mass is 10.1. The van der Waals surface area contributed by atoms with Crippen molar-refractivity contribution in [1.82, 2.24) is 0 Å². The van der Waals surface area contributed by atoms with Gasteiger partial charge >= 0.3 is 17.9 Å². The van der Waals surface area contributed by atoms with Crippen LogP contribution in [0, 0.1) is 11.3 Å². The molecule has 35 heavy (non-hydrogen) atoms. The third-order valence-corrected chi connectivity index (χ3v) is 5.33. The summed E-state index contributed by atoms with van der Waals surface area (Å²) in [6.07, 6.45) is -4.70. The van der Waals surface area contributed by atoms with Crippen LogP contribution in [-0.4, -0.2) is 48.9 Å². The second-order valence-electron chi connectivity index (χ2n) is 7.66. The lowest BCUT2D eigenvalue weighted by Crippen LogP contribution is -2.41. The Kier molecular flexibility index (Phi) is 7.50. The number of carbonyl (C=O) groups is 3. The standard InChI is InChI=1S/C27H21NO7/c28-16-21-23(34-26(30)19-12-6-2-7-13-19)24(35-27(31)20-14-8-3-9-15-20)22(33-21)17-32-25(29)18-10-4-1-5-11-18/h1-15,21-24H,17H2/t21-,22+,23-,24+/m1/s1. The Balaban J connectivity index is 1.55. The van der Waals surface area contributed by atoms with Gasteiger partial charge in [0.25, 0.3) is 0 Å². The van der Waals surface area contributed by atoms with Crippen LogP contribution < -0.4 is 0 Å². The van der Waals surface area contributed by atoms with Crippen LogP contribution in [0.1, 0.15) is 31.1 Å². The first-order valence-electron chi connectivity index (χ1n) is 10.9. The predicted octanol–water partition coefficient (Wildman–Crippen LogP) is 3.59. The monoisotopic (exact) mass is 471 g/mol. The van der Waals surface area contributed by atoms with Crippen LogP contribution in [0.5, 0.6) is 0 Å². The van der Waals surface area contributed by atoms with E-state index in [4.69, 9.17) is 18.9 Å². The van der Waals surface area contributed by atoms with E-state index in [-0.39, 0.29) is 17.7 Å². The molecule has 4 atom stereocenters. The number of carbonyl (C=O) groups excluding carboxylic acids is 3. The predicted molar refractivity (Wildman–Crippen MR) is 122 cm³/mol. The first-order valence-corrected chi connectivity index (χ1v) is 10.9. The highest BCUT2D eigenvalue weighted by Gasteiger charge is 2.50. The summed E-state index contributed by atoms with van der Waals surface area (Å²) in [4.78, 5) is 37.9. The number of benzene rings is 3. The molecule has 0 radical (unpaired) electrons. The molecule has 1 saturated heterocycles. The Morgan fingerprint density at radius 2 is 1.11 bits per heavy atom. The third kappa shape index (κ3) is 5.72. The molecular weight excluding hydrogens is 450 g/mol. The fraction of sp³-hybridized carbons (Fsp3) is 0.185. The maximum absolute atomic E-state index is 12.8. The van der Waals surface area contributed by atoms with Gasteiger partial charge in [-0.2, -0.15) is 5.26 Å². The minimum atomic E-state index is -1.24. The SMILES string of the molecule is N#C[C@H]1O[C@@H](COC(=O)c2ccccc2)[C@H](OC(=O)c2ccccc2)[C@@H]1OC(=O)c1ccccc1. The normalized spacial score (nSPS) is 20.9. The molecule has 1 fully saturated rings. The number of hydrogen-bond donors (Lipinski definition) is 0. The topological polar surface area (TPSA) is 112 Å². The van der Waals surface area contributed by atoms with E-state index in [1.807, 2.05) is 6.07 Å². The molecule has 4 rings (SSSR count). The molecule has 0 spiro atoms. The minimum absolute atomic E-state index is 0.260. The second kappa shape index (κ2) is 11.1. The summed E-state index contributed by atoms with van der Waals surface area (Å²) in [5, 5.41) is 9.65. The smallest absolute Gasteiger partial charge is 0.338 e. The van der Waals surface area contributed by atoms with Crippen molar-refractivity contribution >= 4 is 17.9 Å². The van der Waals surface area contributed by atoms with Crippen LogP contribution in [-0.2, 0) is 18.9 Å². The van der Waals surface area contributed by atoms with Gasteiger partial charge in [0.2, 0.25) is 0 Å². The van der Waals surface area contributed by atoms with Gasteiger partial charge in [-0.05, 0) is 36.4 Å². The van der Waals surface area contributed by atoms with Crippen molar-refractivity contribution in [2.24, 2.45) is 0 Å². The van der Waals surface area contributed by atoms with E-state index in [2.05, 4.69) is 0 Å². The molecule has 176 valence electrons. The van der Waals surface area contributed by atoms with Crippen molar-refractivity contribution in [3.63, 3.8) is 0 Å². The lowest BCUT2D eigenvalue weighted by Gasteiger charge is -2.23. The van der Waals surface area contributed by atoms with Gasteiger partial charge in [-0.25, -0.2) is 14.4 Å². The first-order chi connectivity index (χ1) is 17.1. The average molecular weight is 471 g/mol. The molecule has 0 aliphatic carbocycles. The van der Waals surface area contributed by atoms with Gasteiger partial charge in [0.1, 0.15) is 12.7 Å². The number of hydrogen-bond acceptors (Lipinski definition) is 8. The first kappa shape index (κ1) is 23.7. The summed E-state index contributed by atoms with van der Waals surface area (Å²) in [5.41, 5.74) is 0.851. The van der Waals surface area contributed by atoms with E-state index in [1.54, 1.807) is 91.0 Å². The molecule has 1 heterocycles. The van der Waals surface area contributed by atoms with Crippen LogP contribution in [0.15, 0.2) is 91.0 Å². The lowest BCUT2D eigenvalue weighted by molar-refractivity contribution is -0.0437. The number of ether oxygens (including phenoxy) is 4. The highest BCUT2D eigenvalue weighted by molar-refractivity contribution is 5.91. The quantitative estimate of drug-likeness (QED) is 0.380. The molecular formula is C27H21NO7. The summed E-state index contributed by atoms with van der Waals surface area (Å²) in [5.74, 6) is -2.01. The van der Waals surface area contributed by atoms with Crippen molar-refractivity contribution in [3.8, 4) is 6.07 Å². The molecule has 0 amide bonds. The fourth-order valence-electron chi connectivity index (χ4n) is 3.58. The summed E-state index contributed by atoms with van der Waals surface area (Å²) in [7, 11) is 0.